The minimum absolute atomic E-state index is 0.271. The zero-order chi connectivity index (χ0) is 15.0. The molecule has 2 aliphatic rings. The Morgan fingerprint density at radius 1 is 1.00 bits per heavy atom. The molecule has 3 rings (SSSR count). The van der Waals surface area contributed by atoms with E-state index < -0.39 is 11.6 Å². The molecule has 2 saturated carbocycles. The van der Waals surface area contributed by atoms with Crippen LogP contribution in [0.25, 0.3) is 0 Å². The second-order valence-electron chi connectivity index (χ2n) is 6.64. The third-order valence-corrected chi connectivity index (χ3v) is 5.83. The minimum Gasteiger partial charge on any atom is -0.205 e. The first kappa shape index (κ1) is 15.0. The van der Waals surface area contributed by atoms with Crippen LogP contribution in [0, 0.1) is 29.4 Å². The molecule has 2 fully saturated rings. The van der Waals surface area contributed by atoms with Gasteiger partial charge in [0.25, 0.3) is 0 Å². The topological polar surface area (TPSA) is 0 Å². The van der Waals surface area contributed by atoms with Crippen LogP contribution < -0.4 is 0 Å². The molecule has 4 atom stereocenters. The fourth-order valence-corrected chi connectivity index (χ4v) is 4.36. The van der Waals surface area contributed by atoms with Crippen molar-refractivity contribution in [3.05, 3.63) is 47.0 Å². The lowest BCUT2D eigenvalue weighted by molar-refractivity contribution is 0.133. The summed E-state index contributed by atoms with van der Waals surface area (Å²) in [6.07, 6.45) is 8.99. The van der Waals surface area contributed by atoms with E-state index in [0.29, 0.717) is 11.8 Å². The van der Waals surface area contributed by atoms with Gasteiger partial charge < -0.3 is 0 Å². The molecular weight excluding hydrogens is 290 g/mol. The molecule has 0 aromatic heterocycles. The van der Waals surface area contributed by atoms with Gasteiger partial charge in [-0.25, -0.2) is 8.78 Å². The van der Waals surface area contributed by atoms with Crippen molar-refractivity contribution in [1.82, 2.24) is 0 Å². The molecule has 3 heteroatoms. The summed E-state index contributed by atoms with van der Waals surface area (Å²) < 4.78 is 27.3. The number of hydrogen-bond donors (Lipinski definition) is 0. The summed E-state index contributed by atoms with van der Waals surface area (Å²) in [5.74, 6) is 1.12. The standard InChI is InChI=1S/C18H21ClF2/c1-2-11-3-4-13-8-14(6-5-12(13)7-11)15-9-16(20)18(19)17(21)10-15/h2,9-14H,1,3-8H2/t11-,12-,13-,14?/m1/s1. The number of hydrogen-bond acceptors (Lipinski definition) is 0. The maximum absolute atomic E-state index is 13.6. The van der Waals surface area contributed by atoms with Gasteiger partial charge in [0.2, 0.25) is 0 Å². The second-order valence-corrected chi connectivity index (χ2v) is 7.02. The highest BCUT2D eigenvalue weighted by Gasteiger charge is 2.35. The van der Waals surface area contributed by atoms with E-state index in [4.69, 9.17) is 11.6 Å². The molecule has 0 heterocycles. The lowest BCUT2D eigenvalue weighted by atomic mass is 9.64. The smallest absolute Gasteiger partial charge is 0.145 e. The highest BCUT2D eigenvalue weighted by molar-refractivity contribution is 6.30. The van der Waals surface area contributed by atoms with Gasteiger partial charge in [0.1, 0.15) is 16.7 Å². The lowest BCUT2D eigenvalue weighted by Gasteiger charge is -2.41. The van der Waals surface area contributed by atoms with E-state index in [1.54, 1.807) is 0 Å². The van der Waals surface area contributed by atoms with E-state index in [2.05, 4.69) is 12.7 Å². The Morgan fingerprint density at radius 3 is 2.29 bits per heavy atom. The van der Waals surface area contributed by atoms with Gasteiger partial charge in [-0.3, -0.25) is 0 Å². The van der Waals surface area contributed by atoms with Crippen molar-refractivity contribution in [2.24, 2.45) is 17.8 Å². The largest absolute Gasteiger partial charge is 0.205 e. The van der Waals surface area contributed by atoms with Crippen LogP contribution in [-0.4, -0.2) is 0 Å². The summed E-state index contributed by atoms with van der Waals surface area (Å²) in [4.78, 5) is 0. The first-order valence-corrected chi connectivity index (χ1v) is 8.23. The summed E-state index contributed by atoms with van der Waals surface area (Å²) in [6, 6.07) is 2.84. The van der Waals surface area contributed by atoms with E-state index in [0.717, 1.165) is 30.7 Å². The molecule has 21 heavy (non-hydrogen) atoms. The van der Waals surface area contributed by atoms with Crippen LogP contribution in [0.4, 0.5) is 8.78 Å². The van der Waals surface area contributed by atoms with Crippen molar-refractivity contribution in [1.29, 1.82) is 0 Å². The molecule has 0 amide bonds. The summed E-state index contributed by atoms with van der Waals surface area (Å²) in [6.45, 7) is 3.92. The number of benzene rings is 1. The summed E-state index contributed by atoms with van der Waals surface area (Å²) in [7, 11) is 0. The maximum atomic E-state index is 13.6. The number of fused-ring (bicyclic) bond motifs is 1. The van der Waals surface area contributed by atoms with Gasteiger partial charge in [0.15, 0.2) is 0 Å². The van der Waals surface area contributed by atoms with E-state index in [1.165, 1.54) is 31.4 Å². The SMILES string of the molecule is C=C[C@@H]1CC[C@@H]2CC(c3cc(F)c(Cl)c(F)c3)CC[C@@H]2C1. The monoisotopic (exact) mass is 310 g/mol. The lowest BCUT2D eigenvalue weighted by Crippen LogP contribution is -2.30. The summed E-state index contributed by atoms with van der Waals surface area (Å²) >= 11 is 5.57. The van der Waals surface area contributed by atoms with Crippen LogP contribution in [0.15, 0.2) is 24.8 Å². The number of halogens is 3. The Hall–Kier alpha value is -0.890. The normalized spacial score (nSPS) is 32.5. The Balaban J connectivity index is 1.74. The molecule has 1 aromatic rings. The summed E-state index contributed by atoms with van der Waals surface area (Å²) in [5.41, 5.74) is 0.777. The first-order chi connectivity index (χ1) is 10.1. The van der Waals surface area contributed by atoms with Gasteiger partial charge in [0.05, 0.1) is 0 Å². The van der Waals surface area contributed by atoms with Gasteiger partial charge in [-0.15, -0.1) is 6.58 Å². The van der Waals surface area contributed by atoms with Crippen molar-refractivity contribution in [3.63, 3.8) is 0 Å². The molecule has 0 radical (unpaired) electrons. The van der Waals surface area contributed by atoms with E-state index in [1.807, 2.05) is 0 Å². The molecule has 0 N–H and O–H groups in total. The van der Waals surface area contributed by atoms with Gasteiger partial charge in [0, 0.05) is 0 Å². The van der Waals surface area contributed by atoms with Crippen LogP contribution in [-0.2, 0) is 0 Å². The molecule has 1 aromatic carbocycles. The van der Waals surface area contributed by atoms with Gasteiger partial charge >= 0.3 is 0 Å². The highest BCUT2D eigenvalue weighted by Crippen LogP contribution is 2.48. The minimum atomic E-state index is -0.635. The van der Waals surface area contributed by atoms with Crippen molar-refractivity contribution in [2.45, 2.75) is 44.4 Å². The first-order valence-electron chi connectivity index (χ1n) is 7.85. The van der Waals surface area contributed by atoms with E-state index in [9.17, 15) is 8.78 Å². The Kier molecular flexibility index (Phi) is 4.35. The third-order valence-electron chi connectivity index (χ3n) is 5.46. The molecular formula is C18H21ClF2. The van der Waals surface area contributed by atoms with Crippen LogP contribution >= 0.6 is 11.6 Å². The van der Waals surface area contributed by atoms with E-state index in [-0.39, 0.29) is 10.9 Å². The average molecular weight is 311 g/mol. The Labute approximate surface area is 130 Å². The zero-order valence-corrected chi connectivity index (χ0v) is 12.9. The predicted molar refractivity (Wildman–Crippen MR) is 82.5 cm³/mol. The fourth-order valence-electron chi connectivity index (χ4n) is 4.25. The van der Waals surface area contributed by atoms with Crippen molar-refractivity contribution >= 4 is 11.6 Å². The molecule has 0 nitrogen and oxygen atoms in total. The van der Waals surface area contributed by atoms with Crippen LogP contribution in [0.1, 0.15) is 50.0 Å². The van der Waals surface area contributed by atoms with Crippen LogP contribution in [0.3, 0.4) is 0 Å². The van der Waals surface area contributed by atoms with Crippen molar-refractivity contribution < 1.29 is 8.78 Å². The molecule has 114 valence electrons. The summed E-state index contributed by atoms with van der Waals surface area (Å²) in [5, 5.41) is -0.390. The molecule has 0 saturated heterocycles. The van der Waals surface area contributed by atoms with Gasteiger partial charge in [-0.1, -0.05) is 17.7 Å². The maximum Gasteiger partial charge on any atom is 0.145 e. The van der Waals surface area contributed by atoms with Gasteiger partial charge in [-0.2, -0.15) is 0 Å². The van der Waals surface area contributed by atoms with Gasteiger partial charge in [-0.05, 0) is 79.9 Å². The molecule has 0 bridgehead atoms. The highest BCUT2D eigenvalue weighted by atomic mass is 35.5. The zero-order valence-electron chi connectivity index (χ0n) is 12.1. The predicted octanol–water partition coefficient (Wildman–Crippen LogP) is 6.10. The van der Waals surface area contributed by atoms with E-state index >= 15 is 0 Å². The molecule has 2 aliphatic carbocycles. The van der Waals surface area contributed by atoms with Crippen LogP contribution in [0.5, 0.6) is 0 Å². The average Bonchev–Trinajstić information content (AvgIpc) is 2.51. The quantitative estimate of drug-likeness (QED) is 0.457. The van der Waals surface area contributed by atoms with Crippen molar-refractivity contribution in [2.75, 3.05) is 0 Å². The number of rotatable bonds is 2. The van der Waals surface area contributed by atoms with Crippen molar-refractivity contribution in [3.8, 4) is 0 Å². The Morgan fingerprint density at radius 2 is 1.62 bits per heavy atom. The second kappa shape index (κ2) is 6.08. The molecule has 1 unspecified atom stereocenters. The molecule has 0 aliphatic heterocycles. The number of allylic oxidation sites excluding steroid dienone is 1. The Bertz CT molecular complexity index is 517. The third kappa shape index (κ3) is 3.01. The van der Waals surface area contributed by atoms with Crippen LogP contribution in [0.2, 0.25) is 5.02 Å². The molecule has 0 spiro atoms. The fraction of sp³-hybridized carbons (Fsp3) is 0.556.